The molecule has 2 aliphatic heterocycles. The molecule has 7 rings (SSSR count). The normalized spacial score (nSPS) is 19.7. The van der Waals surface area contributed by atoms with Crippen molar-refractivity contribution in [2.24, 2.45) is 11.3 Å². The van der Waals surface area contributed by atoms with Crippen molar-refractivity contribution < 1.29 is 44.3 Å². The van der Waals surface area contributed by atoms with Crippen LogP contribution in [0.1, 0.15) is 68.3 Å². The monoisotopic (exact) mass is 905 g/mol. The summed E-state index contributed by atoms with van der Waals surface area (Å²) < 4.78 is 102. The minimum Gasteiger partial charge on any atom is -0.378 e. The van der Waals surface area contributed by atoms with E-state index in [1.807, 2.05) is 16.9 Å². The number of sulfonamides is 1. The Labute approximate surface area is 360 Å². The number of carbonyl (C=O) groups is 2. The second kappa shape index (κ2) is 17.9. The first-order valence-electron chi connectivity index (χ1n) is 20.5. The topological polar surface area (TPSA) is 145 Å². The van der Waals surface area contributed by atoms with Crippen molar-refractivity contribution in [2.45, 2.75) is 73.7 Å². The van der Waals surface area contributed by atoms with Crippen LogP contribution in [0.4, 0.5) is 24.5 Å². The van der Waals surface area contributed by atoms with E-state index in [0.29, 0.717) is 11.1 Å². The zero-order valence-electron chi connectivity index (χ0n) is 34.1. The first-order chi connectivity index (χ1) is 28.8. The van der Waals surface area contributed by atoms with Crippen molar-refractivity contribution >= 4 is 60.2 Å². The predicted octanol–water partition coefficient (Wildman–Crippen LogP) is 6.98. The maximum absolute atomic E-state index is 14.0. The van der Waals surface area contributed by atoms with Gasteiger partial charge in [0.25, 0.3) is 25.8 Å². The van der Waals surface area contributed by atoms with Crippen LogP contribution in [0.5, 0.6) is 0 Å². The number of piperazine rings is 1. The van der Waals surface area contributed by atoms with Crippen molar-refractivity contribution in [3.05, 3.63) is 88.5 Å². The van der Waals surface area contributed by atoms with E-state index in [4.69, 9.17) is 16.3 Å². The van der Waals surface area contributed by atoms with Gasteiger partial charge in [0.2, 0.25) is 5.91 Å². The molecule has 2 amide bonds. The molecule has 1 atom stereocenters. The number of hydrogen-bond acceptors (Lipinski definition) is 10. The van der Waals surface area contributed by atoms with E-state index in [1.165, 1.54) is 33.7 Å². The lowest BCUT2D eigenvalue weighted by Crippen LogP contribution is -2.48. The second-order valence-corrected chi connectivity index (χ2v) is 21.1. The molecule has 2 aliphatic carbocycles. The molecule has 0 bridgehead atoms. The zero-order valence-corrected chi connectivity index (χ0v) is 36.5. The minimum absolute atomic E-state index is 0.0292. The standard InChI is InChI=1S/C43H51ClF3N5O7S2/c1-42(2)16-15-36(30-5-9-33(44)10-6-30)32(27-42)28-50-17-19-51(20-18-50)34-11-7-31(8-12-34)40(53)49-61(57,58)35-13-14-37(39(26-35)60(55,56)43(45,46)47)48-38(25-29-3-4-29)41(54)52-21-23-59-24-22-52/h5-14,26,29,38,48H,3-4,15-25,27-28H2,1-2H3,(H,49,53)/t38-/m0/s1. The molecule has 0 unspecified atom stereocenters. The van der Waals surface area contributed by atoms with Crippen molar-refractivity contribution in [3.8, 4) is 0 Å². The first-order valence-corrected chi connectivity index (χ1v) is 23.8. The highest BCUT2D eigenvalue weighted by molar-refractivity contribution is 7.92. The SMILES string of the molecule is CC1(C)CCC(c2ccc(Cl)cc2)=C(CN2CCN(c3ccc(C(=O)NS(=O)(=O)c4ccc(N[C@@H](CC5CC5)C(=O)N5CCOCC5)c(S(=O)(=O)C(F)(F)F)c4)cc3)CC2)C1. The van der Waals surface area contributed by atoms with E-state index in [0.717, 1.165) is 82.6 Å². The number of carbonyl (C=O) groups excluding carboxylic acids is 2. The summed E-state index contributed by atoms with van der Waals surface area (Å²) in [7, 11) is -11.0. The Kier molecular flexibility index (Phi) is 13.2. The fraction of sp³-hybridized carbons (Fsp3) is 0.488. The summed E-state index contributed by atoms with van der Waals surface area (Å²) >= 11 is 6.17. The van der Waals surface area contributed by atoms with Crippen molar-refractivity contribution in [3.63, 3.8) is 0 Å². The Morgan fingerprint density at radius 3 is 2.18 bits per heavy atom. The molecule has 4 aliphatic rings. The van der Waals surface area contributed by atoms with Crippen LogP contribution in [-0.2, 0) is 29.4 Å². The molecule has 61 heavy (non-hydrogen) atoms. The smallest absolute Gasteiger partial charge is 0.378 e. The molecule has 2 N–H and O–H groups in total. The van der Waals surface area contributed by atoms with Crippen LogP contribution in [0.25, 0.3) is 5.57 Å². The number of nitrogens with zero attached hydrogens (tertiary/aromatic N) is 3. The predicted molar refractivity (Wildman–Crippen MR) is 228 cm³/mol. The van der Waals surface area contributed by atoms with Gasteiger partial charge in [-0.05, 0) is 103 Å². The summed E-state index contributed by atoms with van der Waals surface area (Å²) in [6.07, 6.45) is 5.00. The summed E-state index contributed by atoms with van der Waals surface area (Å²) in [6, 6.07) is 15.4. The maximum atomic E-state index is 14.0. The Hall–Kier alpha value is -4.16. The number of morpholine rings is 1. The largest absolute Gasteiger partial charge is 0.501 e. The number of benzene rings is 3. The number of alkyl halides is 3. The van der Waals surface area contributed by atoms with Gasteiger partial charge in [0.1, 0.15) is 10.9 Å². The summed E-state index contributed by atoms with van der Waals surface area (Å²) in [4.78, 5) is 30.6. The number of ether oxygens (including phenoxy) is 1. The van der Waals surface area contributed by atoms with Crippen LogP contribution in [-0.4, -0.2) is 109 Å². The lowest BCUT2D eigenvalue weighted by molar-refractivity contribution is -0.136. The van der Waals surface area contributed by atoms with Gasteiger partial charge < -0.3 is 19.9 Å². The highest BCUT2D eigenvalue weighted by Crippen LogP contribution is 2.43. The number of amides is 2. The molecule has 2 saturated heterocycles. The second-order valence-electron chi connectivity index (χ2n) is 17.1. The van der Waals surface area contributed by atoms with Gasteiger partial charge in [0.05, 0.1) is 23.8 Å². The fourth-order valence-corrected chi connectivity index (χ4v) is 10.4. The van der Waals surface area contributed by atoms with Crippen LogP contribution in [0.3, 0.4) is 0 Å². The molecular weight excluding hydrogens is 855 g/mol. The molecule has 2 heterocycles. The average molecular weight is 906 g/mol. The van der Waals surface area contributed by atoms with Crippen LogP contribution < -0.4 is 14.9 Å². The number of halogens is 4. The van der Waals surface area contributed by atoms with E-state index in [9.17, 15) is 39.6 Å². The molecule has 0 radical (unpaired) electrons. The molecule has 12 nitrogen and oxygen atoms in total. The van der Waals surface area contributed by atoms with Gasteiger partial charge in [-0.3, -0.25) is 14.5 Å². The Bertz CT molecular complexity index is 2360. The lowest BCUT2D eigenvalue weighted by Gasteiger charge is -2.39. The summed E-state index contributed by atoms with van der Waals surface area (Å²) in [5.41, 5.74) is -1.32. The number of hydrogen-bond donors (Lipinski definition) is 2. The summed E-state index contributed by atoms with van der Waals surface area (Å²) in [5, 5.41) is 3.41. The molecule has 3 aromatic carbocycles. The van der Waals surface area contributed by atoms with Gasteiger partial charge in [-0.15, -0.1) is 0 Å². The van der Waals surface area contributed by atoms with Crippen molar-refractivity contribution in [2.75, 3.05) is 69.2 Å². The van der Waals surface area contributed by atoms with Crippen molar-refractivity contribution in [1.29, 1.82) is 0 Å². The summed E-state index contributed by atoms with van der Waals surface area (Å²) in [5.74, 6) is -1.36. The lowest BCUT2D eigenvalue weighted by atomic mass is 9.73. The third kappa shape index (κ3) is 10.7. The van der Waals surface area contributed by atoms with E-state index in [2.05, 4.69) is 41.1 Å². The van der Waals surface area contributed by atoms with Gasteiger partial charge in [0.15, 0.2) is 0 Å². The molecule has 0 spiro atoms. The number of anilines is 2. The third-order valence-electron chi connectivity index (χ3n) is 11.9. The minimum atomic E-state index is -6.12. The van der Waals surface area contributed by atoms with Gasteiger partial charge >= 0.3 is 5.51 Å². The van der Waals surface area contributed by atoms with Gasteiger partial charge in [0, 0.05) is 62.1 Å². The van der Waals surface area contributed by atoms with Gasteiger partial charge in [-0.2, -0.15) is 13.2 Å². The highest BCUT2D eigenvalue weighted by atomic mass is 35.5. The van der Waals surface area contributed by atoms with E-state index in [-0.39, 0.29) is 49.6 Å². The van der Waals surface area contributed by atoms with Gasteiger partial charge in [-0.1, -0.05) is 56.0 Å². The quantitative estimate of drug-likeness (QED) is 0.184. The van der Waals surface area contributed by atoms with Crippen LogP contribution >= 0.6 is 11.6 Å². The molecule has 0 aromatic heterocycles. The molecule has 3 aromatic rings. The summed E-state index contributed by atoms with van der Waals surface area (Å²) in [6.45, 7) is 9.63. The van der Waals surface area contributed by atoms with E-state index < -0.39 is 58.7 Å². The fourth-order valence-electron chi connectivity index (χ4n) is 8.30. The Morgan fingerprint density at radius 2 is 1.56 bits per heavy atom. The molecular formula is C43H51ClF3N5O7S2. The first kappa shape index (κ1) is 44.9. The van der Waals surface area contributed by atoms with Crippen molar-refractivity contribution in [1.82, 2.24) is 14.5 Å². The number of nitrogens with one attached hydrogen (secondary N) is 2. The van der Waals surface area contributed by atoms with E-state index >= 15 is 0 Å². The maximum Gasteiger partial charge on any atom is 0.501 e. The Balaban J connectivity index is 1.02. The molecule has 18 heteroatoms. The number of rotatable bonds is 13. The van der Waals surface area contributed by atoms with Crippen LogP contribution in [0.15, 0.2) is 82.1 Å². The van der Waals surface area contributed by atoms with Gasteiger partial charge in [-0.25, -0.2) is 21.6 Å². The van der Waals surface area contributed by atoms with Crippen LogP contribution in [0.2, 0.25) is 5.02 Å². The average Bonchev–Trinajstić information content (AvgIpc) is 4.05. The number of sulfone groups is 1. The zero-order chi connectivity index (χ0) is 43.7. The molecule has 330 valence electrons. The molecule has 1 saturated carbocycles. The van der Waals surface area contributed by atoms with E-state index in [1.54, 1.807) is 12.1 Å². The number of allylic oxidation sites excluding steroid dienone is 1. The highest BCUT2D eigenvalue weighted by Gasteiger charge is 2.49. The molecule has 3 fully saturated rings. The Morgan fingerprint density at radius 1 is 0.902 bits per heavy atom. The third-order valence-corrected chi connectivity index (χ3v) is 15.1. The van der Waals surface area contributed by atoms with Crippen LogP contribution in [0, 0.1) is 11.3 Å².